The Kier molecular flexibility index (Phi) is 3.28. The van der Waals surface area contributed by atoms with Gasteiger partial charge in [0.25, 0.3) is 5.91 Å². The number of nitrogens with one attached hydrogen (secondary N) is 1. The molecule has 0 unspecified atom stereocenters. The summed E-state index contributed by atoms with van der Waals surface area (Å²) in [6, 6.07) is 4.29. The van der Waals surface area contributed by atoms with Gasteiger partial charge in [0.15, 0.2) is 0 Å². The van der Waals surface area contributed by atoms with Gasteiger partial charge in [0, 0.05) is 6.42 Å². The van der Waals surface area contributed by atoms with Crippen molar-refractivity contribution < 1.29 is 14.7 Å². The number of para-hydroxylation sites is 1. The lowest BCUT2D eigenvalue weighted by Crippen LogP contribution is -2.17. The number of carbonyl (C=O) groups is 2. The van der Waals surface area contributed by atoms with Crippen LogP contribution in [0.3, 0.4) is 0 Å². The smallest absolute Gasteiger partial charge is 0.250 e. The van der Waals surface area contributed by atoms with E-state index in [0.29, 0.717) is 0 Å². The largest absolute Gasteiger partial charge is 0.506 e. The number of phenols is 1. The lowest BCUT2D eigenvalue weighted by Gasteiger charge is -2.09. The second-order valence-electron chi connectivity index (χ2n) is 2.97. The number of phenolic OH excluding ortho intramolecular Hbond substituents is 1. The van der Waals surface area contributed by atoms with Gasteiger partial charge < -0.3 is 16.2 Å². The van der Waals surface area contributed by atoms with Crippen LogP contribution in [0.15, 0.2) is 18.2 Å². The fourth-order valence-electron chi connectivity index (χ4n) is 1.10. The Labute approximate surface area is 86.9 Å². The Balaban J connectivity index is 3.13. The van der Waals surface area contributed by atoms with Gasteiger partial charge in [-0.1, -0.05) is 13.0 Å². The van der Waals surface area contributed by atoms with Gasteiger partial charge in [-0.2, -0.15) is 0 Å². The first kappa shape index (κ1) is 11.0. The van der Waals surface area contributed by atoms with Crippen LogP contribution in [-0.4, -0.2) is 16.9 Å². The number of carbonyl (C=O) groups excluding carboxylic acids is 2. The average molecular weight is 208 g/mol. The van der Waals surface area contributed by atoms with Crippen LogP contribution in [0.1, 0.15) is 23.7 Å². The molecule has 5 nitrogen and oxygen atoms in total. The van der Waals surface area contributed by atoms with Gasteiger partial charge in [-0.15, -0.1) is 0 Å². The number of primary amides is 1. The molecule has 0 aromatic heterocycles. The molecule has 0 fully saturated rings. The van der Waals surface area contributed by atoms with Crippen LogP contribution in [0, 0.1) is 0 Å². The number of nitrogens with two attached hydrogens (primary N) is 1. The van der Waals surface area contributed by atoms with Crippen LogP contribution in [0.5, 0.6) is 5.75 Å². The van der Waals surface area contributed by atoms with Crippen molar-refractivity contribution in [3.05, 3.63) is 23.8 Å². The van der Waals surface area contributed by atoms with Gasteiger partial charge in [-0.25, -0.2) is 0 Å². The quantitative estimate of drug-likeness (QED) is 0.642. The number of benzene rings is 1. The SMILES string of the molecule is CCC(=O)Nc1c(O)cccc1C(N)=O. The number of amides is 2. The molecule has 0 aliphatic rings. The fraction of sp³-hybridized carbons (Fsp3) is 0.200. The van der Waals surface area contributed by atoms with E-state index >= 15 is 0 Å². The summed E-state index contributed by atoms with van der Waals surface area (Å²) in [6.07, 6.45) is 0.256. The summed E-state index contributed by atoms with van der Waals surface area (Å²) in [5.41, 5.74) is 5.26. The third-order valence-corrected chi connectivity index (χ3v) is 1.89. The van der Waals surface area contributed by atoms with Gasteiger partial charge in [0.2, 0.25) is 5.91 Å². The van der Waals surface area contributed by atoms with Crippen molar-refractivity contribution in [1.29, 1.82) is 0 Å². The zero-order valence-electron chi connectivity index (χ0n) is 8.28. The molecule has 15 heavy (non-hydrogen) atoms. The van der Waals surface area contributed by atoms with Gasteiger partial charge in [0.1, 0.15) is 5.75 Å². The van der Waals surface area contributed by atoms with Crippen molar-refractivity contribution in [3.63, 3.8) is 0 Å². The second-order valence-corrected chi connectivity index (χ2v) is 2.97. The third kappa shape index (κ3) is 2.46. The molecule has 0 heterocycles. The summed E-state index contributed by atoms with van der Waals surface area (Å²) < 4.78 is 0. The van der Waals surface area contributed by atoms with Crippen molar-refractivity contribution in [1.82, 2.24) is 0 Å². The highest BCUT2D eigenvalue weighted by Crippen LogP contribution is 2.26. The number of hydrogen-bond acceptors (Lipinski definition) is 3. The molecule has 0 aliphatic heterocycles. The highest BCUT2D eigenvalue weighted by Gasteiger charge is 2.13. The molecule has 1 rings (SSSR count). The molecule has 0 radical (unpaired) electrons. The normalized spacial score (nSPS) is 9.67. The molecule has 5 heteroatoms. The van der Waals surface area contributed by atoms with E-state index in [-0.39, 0.29) is 29.3 Å². The topological polar surface area (TPSA) is 92.4 Å². The van der Waals surface area contributed by atoms with Gasteiger partial charge >= 0.3 is 0 Å². The second kappa shape index (κ2) is 4.45. The van der Waals surface area contributed by atoms with Crippen molar-refractivity contribution in [2.75, 3.05) is 5.32 Å². The molecule has 1 aromatic rings. The molecule has 0 saturated carbocycles. The van der Waals surface area contributed by atoms with E-state index in [2.05, 4.69) is 5.32 Å². The summed E-state index contributed by atoms with van der Waals surface area (Å²) in [6.45, 7) is 1.67. The molecule has 0 aliphatic carbocycles. The molecule has 0 saturated heterocycles. The van der Waals surface area contributed by atoms with Gasteiger partial charge in [-0.05, 0) is 12.1 Å². The molecular weight excluding hydrogens is 196 g/mol. The molecule has 0 atom stereocenters. The van der Waals surface area contributed by atoms with E-state index in [1.54, 1.807) is 6.92 Å². The van der Waals surface area contributed by atoms with E-state index in [4.69, 9.17) is 5.73 Å². The van der Waals surface area contributed by atoms with Gasteiger partial charge in [-0.3, -0.25) is 9.59 Å². The molecule has 0 spiro atoms. The Morgan fingerprint density at radius 1 is 1.47 bits per heavy atom. The molecule has 2 amide bonds. The zero-order valence-corrected chi connectivity index (χ0v) is 8.28. The van der Waals surface area contributed by atoms with Crippen LogP contribution in [0.25, 0.3) is 0 Å². The maximum Gasteiger partial charge on any atom is 0.250 e. The first-order valence-electron chi connectivity index (χ1n) is 4.48. The van der Waals surface area contributed by atoms with E-state index in [9.17, 15) is 14.7 Å². The number of anilines is 1. The van der Waals surface area contributed by atoms with Crippen molar-refractivity contribution >= 4 is 17.5 Å². The molecule has 4 N–H and O–H groups in total. The Hall–Kier alpha value is -2.04. The molecule has 0 bridgehead atoms. The van der Waals surface area contributed by atoms with E-state index in [1.807, 2.05) is 0 Å². The standard InChI is InChI=1S/C10H12N2O3/c1-2-8(14)12-9-6(10(11)15)4-3-5-7(9)13/h3-5,13H,2H2,1H3,(H2,11,15)(H,12,14). The van der Waals surface area contributed by atoms with Crippen molar-refractivity contribution in [3.8, 4) is 5.75 Å². The maximum atomic E-state index is 11.1. The predicted molar refractivity (Wildman–Crippen MR) is 55.5 cm³/mol. The number of rotatable bonds is 3. The summed E-state index contributed by atoms with van der Waals surface area (Å²) >= 11 is 0. The molecule has 1 aromatic carbocycles. The van der Waals surface area contributed by atoms with Crippen LogP contribution >= 0.6 is 0 Å². The van der Waals surface area contributed by atoms with E-state index in [1.165, 1.54) is 18.2 Å². The lowest BCUT2D eigenvalue weighted by molar-refractivity contribution is -0.115. The molecule has 80 valence electrons. The van der Waals surface area contributed by atoms with E-state index < -0.39 is 5.91 Å². The summed E-state index contributed by atoms with van der Waals surface area (Å²) in [7, 11) is 0. The van der Waals surface area contributed by atoms with Crippen molar-refractivity contribution in [2.45, 2.75) is 13.3 Å². The summed E-state index contributed by atoms with van der Waals surface area (Å²) in [5.74, 6) is -1.16. The minimum Gasteiger partial charge on any atom is -0.506 e. The summed E-state index contributed by atoms with van der Waals surface area (Å²) in [4.78, 5) is 22.1. The Morgan fingerprint density at radius 2 is 2.13 bits per heavy atom. The highest BCUT2D eigenvalue weighted by molar-refractivity contribution is 6.04. The lowest BCUT2D eigenvalue weighted by atomic mass is 10.1. The highest BCUT2D eigenvalue weighted by atomic mass is 16.3. The summed E-state index contributed by atoms with van der Waals surface area (Å²) in [5, 5.41) is 11.9. The minimum absolute atomic E-state index is 0.0665. The molecular formula is C10H12N2O3. The monoisotopic (exact) mass is 208 g/mol. The minimum atomic E-state index is -0.697. The zero-order chi connectivity index (χ0) is 11.4. The first-order valence-corrected chi connectivity index (χ1v) is 4.48. The average Bonchev–Trinajstić information content (AvgIpc) is 2.20. The number of aromatic hydroxyl groups is 1. The predicted octanol–water partition coefficient (Wildman–Crippen LogP) is 0.840. The fourth-order valence-corrected chi connectivity index (χ4v) is 1.10. The number of hydrogen-bond donors (Lipinski definition) is 3. The van der Waals surface area contributed by atoms with Crippen LogP contribution in [-0.2, 0) is 4.79 Å². The van der Waals surface area contributed by atoms with Crippen LogP contribution in [0.2, 0.25) is 0 Å². The van der Waals surface area contributed by atoms with Crippen LogP contribution in [0.4, 0.5) is 5.69 Å². The van der Waals surface area contributed by atoms with Crippen LogP contribution < -0.4 is 11.1 Å². The maximum absolute atomic E-state index is 11.1. The van der Waals surface area contributed by atoms with Crippen molar-refractivity contribution in [2.24, 2.45) is 5.73 Å². The van der Waals surface area contributed by atoms with E-state index in [0.717, 1.165) is 0 Å². The third-order valence-electron chi connectivity index (χ3n) is 1.89. The Morgan fingerprint density at radius 3 is 2.67 bits per heavy atom. The Bertz CT molecular complexity index is 402. The first-order chi connectivity index (χ1) is 7.06. The van der Waals surface area contributed by atoms with Gasteiger partial charge in [0.05, 0.1) is 11.3 Å².